The fraction of sp³-hybridized carbons (Fsp3) is 0.143. The number of pyridine rings is 1. The Balaban J connectivity index is 1.79. The summed E-state index contributed by atoms with van der Waals surface area (Å²) in [6, 6.07) is 19.3. The van der Waals surface area contributed by atoms with E-state index in [1.54, 1.807) is 12.5 Å². The van der Waals surface area contributed by atoms with E-state index in [1.165, 1.54) is 16.7 Å². The first kappa shape index (κ1) is 15.5. The molecule has 4 nitrogen and oxygen atoms in total. The van der Waals surface area contributed by atoms with Gasteiger partial charge in [-0.25, -0.2) is 4.98 Å². The van der Waals surface area contributed by atoms with Gasteiger partial charge in [-0.3, -0.25) is 9.88 Å². The molecule has 0 bridgehead atoms. The SMILES string of the molecule is CN(C)C(c1cccc(-c2cccnc2)c1)c1ccc2nc[nH]c2c1. The van der Waals surface area contributed by atoms with Crippen LogP contribution < -0.4 is 0 Å². The Labute approximate surface area is 147 Å². The number of benzene rings is 2. The molecule has 4 aromatic rings. The van der Waals surface area contributed by atoms with E-state index in [0.717, 1.165) is 16.6 Å². The van der Waals surface area contributed by atoms with Gasteiger partial charge in [-0.2, -0.15) is 0 Å². The number of nitrogens with one attached hydrogen (secondary N) is 1. The first-order chi connectivity index (χ1) is 12.2. The van der Waals surface area contributed by atoms with Crippen LogP contribution in [0.15, 0.2) is 73.3 Å². The zero-order chi connectivity index (χ0) is 17.2. The number of hydrogen-bond acceptors (Lipinski definition) is 3. The highest BCUT2D eigenvalue weighted by Crippen LogP contribution is 2.31. The first-order valence-corrected chi connectivity index (χ1v) is 8.32. The van der Waals surface area contributed by atoms with Crippen molar-refractivity contribution in [3.05, 3.63) is 84.4 Å². The summed E-state index contributed by atoms with van der Waals surface area (Å²) in [5.74, 6) is 0. The third-order valence-corrected chi connectivity index (χ3v) is 4.47. The average molecular weight is 328 g/mol. The van der Waals surface area contributed by atoms with Crippen LogP contribution in [0.4, 0.5) is 0 Å². The van der Waals surface area contributed by atoms with Gasteiger partial charge in [0.25, 0.3) is 0 Å². The predicted octanol–water partition coefficient (Wildman–Crippen LogP) is 4.28. The van der Waals surface area contributed by atoms with Gasteiger partial charge in [0.1, 0.15) is 0 Å². The molecule has 25 heavy (non-hydrogen) atoms. The zero-order valence-electron chi connectivity index (χ0n) is 14.3. The number of H-pyrrole nitrogens is 1. The van der Waals surface area contributed by atoms with Crippen molar-refractivity contribution in [1.82, 2.24) is 19.9 Å². The second-order valence-corrected chi connectivity index (χ2v) is 6.41. The molecule has 0 aliphatic carbocycles. The number of aromatic nitrogens is 3. The lowest BCUT2D eigenvalue weighted by Gasteiger charge is -2.26. The molecule has 0 saturated heterocycles. The van der Waals surface area contributed by atoms with Gasteiger partial charge in [0, 0.05) is 12.4 Å². The summed E-state index contributed by atoms with van der Waals surface area (Å²) in [5, 5.41) is 0. The van der Waals surface area contributed by atoms with Crippen LogP contribution in [0.5, 0.6) is 0 Å². The van der Waals surface area contributed by atoms with Crippen molar-refractivity contribution in [2.45, 2.75) is 6.04 Å². The molecular weight excluding hydrogens is 308 g/mol. The number of hydrogen-bond donors (Lipinski definition) is 1. The second-order valence-electron chi connectivity index (χ2n) is 6.41. The fourth-order valence-corrected chi connectivity index (χ4v) is 3.33. The smallest absolute Gasteiger partial charge is 0.0931 e. The highest BCUT2D eigenvalue weighted by molar-refractivity contribution is 5.75. The minimum absolute atomic E-state index is 0.171. The Morgan fingerprint density at radius 3 is 2.56 bits per heavy atom. The van der Waals surface area contributed by atoms with Crippen molar-refractivity contribution in [1.29, 1.82) is 0 Å². The molecule has 1 atom stereocenters. The van der Waals surface area contributed by atoms with Gasteiger partial charge >= 0.3 is 0 Å². The molecular formula is C21H20N4. The van der Waals surface area contributed by atoms with Crippen molar-refractivity contribution in [2.75, 3.05) is 14.1 Å². The molecule has 0 radical (unpaired) electrons. The molecule has 0 amide bonds. The zero-order valence-corrected chi connectivity index (χ0v) is 14.3. The van der Waals surface area contributed by atoms with Crippen molar-refractivity contribution in [3.8, 4) is 11.1 Å². The van der Waals surface area contributed by atoms with Crippen LogP contribution >= 0.6 is 0 Å². The van der Waals surface area contributed by atoms with E-state index in [9.17, 15) is 0 Å². The van der Waals surface area contributed by atoms with E-state index >= 15 is 0 Å². The van der Waals surface area contributed by atoms with Crippen LogP contribution in [0.25, 0.3) is 22.2 Å². The minimum atomic E-state index is 0.171. The van der Waals surface area contributed by atoms with E-state index in [2.05, 4.69) is 82.5 Å². The summed E-state index contributed by atoms with van der Waals surface area (Å²) >= 11 is 0. The Morgan fingerprint density at radius 1 is 0.920 bits per heavy atom. The van der Waals surface area contributed by atoms with E-state index < -0.39 is 0 Å². The number of imidazole rings is 1. The van der Waals surface area contributed by atoms with Crippen molar-refractivity contribution < 1.29 is 0 Å². The number of aromatic amines is 1. The van der Waals surface area contributed by atoms with Gasteiger partial charge in [0.2, 0.25) is 0 Å². The summed E-state index contributed by atoms with van der Waals surface area (Å²) in [6.07, 6.45) is 5.44. The Bertz CT molecular complexity index is 989. The van der Waals surface area contributed by atoms with Gasteiger partial charge in [-0.05, 0) is 60.6 Å². The molecule has 0 aliphatic rings. The molecule has 4 rings (SSSR count). The highest BCUT2D eigenvalue weighted by atomic mass is 15.1. The van der Waals surface area contributed by atoms with Crippen LogP contribution in [0, 0.1) is 0 Å². The van der Waals surface area contributed by atoms with Gasteiger partial charge in [-0.15, -0.1) is 0 Å². The van der Waals surface area contributed by atoms with Crippen molar-refractivity contribution in [3.63, 3.8) is 0 Å². The molecule has 2 aromatic carbocycles. The molecule has 1 N–H and O–H groups in total. The van der Waals surface area contributed by atoms with E-state index in [4.69, 9.17) is 0 Å². The second kappa shape index (κ2) is 6.49. The maximum Gasteiger partial charge on any atom is 0.0931 e. The van der Waals surface area contributed by atoms with Gasteiger partial charge < -0.3 is 4.98 Å². The van der Waals surface area contributed by atoms with E-state index in [1.807, 2.05) is 12.3 Å². The van der Waals surface area contributed by atoms with Crippen LogP contribution in [-0.4, -0.2) is 33.9 Å². The lowest BCUT2D eigenvalue weighted by Crippen LogP contribution is -2.21. The summed E-state index contributed by atoms with van der Waals surface area (Å²) in [7, 11) is 4.22. The largest absolute Gasteiger partial charge is 0.345 e. The summed E-state index contributed by atoms with van der Waals surface area (Å²) in [6.45, 7) is 0. The maximum atomic E-state index is 4.31. The van der Waals surface area contributed by atoms with Crippen LogP contribution in [0.3, 0.4) is 0 Å². The van der Waals surface area contributed by atoms with Crippen LogP contribution in [-0.2, 0) is 0 Å². The lowest BCUT2D eigenvalue weighted by molar-refractivity contribution is 0.342. The topological polar surface area (TPSA) is 44.8 Å². The quantitative estimate of drug-likeness (QED) is 0.608. The summed E-state index contributed by atoms with van der Waals surface area (Å²) in [5.41, 5.74) is 6.86. The first-order valence-electron chi connectivity index (χ1n) is 8.32. The van der Waals surface area contributed by atoms with Crippen LogP contribution in [0.2, 0.25) is 0 Å². The monoisotopic (exact) mass is 328 g/mol. The summed E-state index contributed by atoms with van der Waals surface area (Å²) in [4.78, 5) is 14.0. The Hall–Kier alpha value is -2.98. The molecule has 1 unspecified atom stereocenters. The lowest BCUT2D eigenvalue weighted by atomic mass is 9.94. The number of fused-ring (bicyclic) bond motifs is 1. The standard InChI is InChI=1S/C21H20N4/c1-25(2)21(17-8-9-19-20(12-17)24-14-23-19)16-6-3-5-15(11-16)18-7-4-10-22-13-18/h3-14,21H,1-2H3,(H,23,24). The van der Waals surface area contributed by atoms with Crippen molar-refractivity contribution in [2.24, 2.45) is 0 Å². The normalized spacial score (nSPS) is 12.6. The number of nitrogens with zero attached hydrogens (tertiary/aromatic N) is 3. The predicted molar refractivity (Wildman–Crippen MR) is 101 cm³/mol. The molecule has 2 aromatic heterocycles. The molecule has 0 saturated carbocycles. The Morgan fingerprint density at radius 2 is 1.76 bits per heavy atom. The maximum absolute atomic E-state index is 4.31. The fourth-order valence-electron chi connectivity index (χ4n) is 3.33. The Kier molecular flexibility index (Phi) is 4.04. The molecule has 0 spiro atoms. The van der Waals surface area contributed by atoms with E-state index in [0.29, 0.717) is 0 Å². The molecule has 2 heterocycles. The minimum Gasteiger partial charge on any atom is -0.345 e. The molecule has 4 heteroatoms. The molecule has 124 valence electrons. The van der Waals surface area contributed by atoms with Gasteiger partial charge in [0.15, 0.2) is 0 Å². The number of rotatable bonds is 4. The van der Waals surface area contributed by atoms with Gasteiger partial charge in [-0.1, -0.05) is 30.3 Å². The van der Waals surface area contributed by atoms with E-state index in [-0.39, 0.29) is 6.04 Å². The van der Waals surface area contributed by atoms with Crippen molar-refractivity contribution >= 4 is 11.0 Å². The molecule has 0 fully saturated rings. The van der Waals surface area contributed by atoms with Crippen LogP contribution in [0.1, 0.15) is 17.2 Å². The summed E-state index contributed by atoms with van der Waals surface area (Å²) < 4.78 is 0. The average Bonchev–Trinajstić information content (AvgIpc) is 3.10. The highest BCUT2D eigenvalue weighted by Gasteiger charge is 2.18. The third-order valence-electron chi connectivity index (χ3n) is 4.47. The van der Waals surface area contributed by atoms with Gasteiger partial charge in [0.05, 0.1) is 23.4 Å². The third kappa shape index (κ3) is 3.04. The molecule has 0 aliphatic heterocycles.